The molecule has 0 aliphatic heterocycles. The molecule has 0 aromatic heterocycles. The second-order valence-corrected chi connectivity index (χ2v) is 5.94. The van der Waals surface area contributed by atoms with E-state index in [-0.39, 0.29) is 0 Å². The van der Waals surface area contributed by atoms with E-state index in [4.69, 9.17) is 11.6 Å². The molecule has 0 aliphatic carbocycles. The van der Waals surface area contributed by atoms with Crippen LogP contribution >= 0.6 is 11.6 Å². The van der Waals surface area contributed by atoms with Gasteiger partial charge in [0.2, 0.25) is 0 Å². The molecule has 2 aromatic carbocycles. The van der Waals surface area contributed by atoms with E-state index in [1.54, 1.807) is 30.3 Å². The number of benzene rings is 2. The highest BCUT2D eigenvalue weighted by atomic mass is 35.5. The van der Waals surface area contributed by atoms with Gasteiger partial charge in [-0.25, -0.2) is 0 Å². The molecular formula is C13H8ClF3O3S. The number of alkyl halides is 3. The Morgan fingerprint density at radius 1 is 1.00 bits per heavy atom. The Labute approximate surface area is 124 Å². The molecular weight excluding hydrogens is 329 g/mol. The smallest absolute Gasteiger partial charge is 0.376 e. The van der Waals surface area contributed by atoms with Gasteiger partial charge in [0, 0.05) is 10.6 Å². The van der Waals surface area contributed by atoms with Gasteiger partial charge in [0.1, 0.15) is 5.75 Å². The van der Waals surface area contributed by atoms with E-state index in [9.17, 15) is 21.6 Å². The zero-order chi connectivity index (χ0) is 15.7. The predicted octanol–water partition coefficient (Wildman–Crippen LogP) is 4.24. The fraction of sp³-hybridized carbons (Fsp3) is 0.0769. The molecule has 0 heterocycles. The van der Waals surface area contributed by atoms with E-state index in [0.29, 0.717) is 16.1 Å². The lowest BCUT2D eigenvalue weighted by molar-refractivity contribution is -0.0500. The highest BCUT2D eigenvalue weighted by Crippen LogP contribution is 2.32. The number of rotatable bonds is 3. The monoisotopic (exact) mass is 336 g/mol. The van der Waals surface area contributed by atoms with Gasteiger partial charge in [-0.15, -0.1) is 0 Å². The van der Waals surface area contributed by atoms with Gasteiger partial charge in [-0.2, -0.15) is 21.6 Å². The molecule has 0 saturated carbocycles. The average Bonchev–Trinajstić information content (AvgIpc) is 2.37. The van der Waals surface area contributed by atoms with Crippen LogP contribution < -0.4 is 4.18 Å². The molecule has 0 bridgehead atoms. The zero-order valence-corrected chi connectivity index (χ0v) is 11.8. The fourth-order valence-corrected chi connectivity index (χ4v) is 2.28. The lowest BCUT2D eigenvalue weighted by Crippen LogP contribution is -2.28. The van der Waals surface area contributed by atoms with Crippen LogP contribution in [0.1, 0.15) is 0 Å². The Hall–Kier alpha value is -1.73. The molecule has 112 valence electrons. The van der Waals surface area contributed by atoms with Gasteiger partial charge in [-0.3, -0.25) is 0 Å². The minimum atomic E-state index is -5.69. The number of halogens is 4. The lowest BCUT2D eigenvalue weighted by atomic mass is 10.1. The molecule has 3 nitrogen and oxygen atoms in total. The molecule has 0 atom stereocenters. The van der Waals surface area contributed by atoms with Crippen LogP contribution in [0.25, 0.3) is 11.1 Å². The van der Waals surface area contributed by atoms with Crippen molar-refractivity contribution in [2.45, 2.75) is 5.51 Å². The molecule has 0 unspecified atom stereocenters. The molecule has 0 N–H and O–H groups in total. The summed E-state index contributed by atoms with van der Waals surface area (Å²) in [7, 11) is -5.69. The SMILES string of the molecule is O=S(=O)(Oc1cccc(-c2ccccc2Cl)c1)C(F)(F)F. The van der Waals surface area contributed by atoms with Gasteiger partial charge in [0.25, 0.3) is 0 Å². The highest BCUT2D eigenvalue weighted by Gasteiger charge is 2.48. The van der Waals surface area contributed by atoms with Gasteiger partial charge in [-0.05, 0) is 23.8 Å². The Morgan fingerprint density at radius 3 is 2.29 bits per heavy atom. The molecule has 21 heavy (non-hydrogen) atoms. The highest BCUT2D eigenvalue weighted by molar-refractivity contribution is 7.88. The fourth-order valence-electron chi connectivity index (χ4n) is 1.58. The molecule has 2 rings (SSSR count). The van der Waals surface area contributed by atoms with Gasteiger partial charge in [0.05, 0.1) is 0 Å². The first-order valence-electron chi connectivity index (χ1n) is 5.56. The molecule has 2 aromatic rings. The Kier molecular flexibility index (Phi) is 4.15. The standard InChI is InChI=1S/C13H8ClF3O3S/c14-12-7-2-1-6-11(12)9-4-3-5-10(8-9)20-21(18,19)13(15,16)17/h1-8H. The van der Waals surface area contributed by atoms with Crippen LogP contribution in [0.15, 0.2) is 48.5 Å². The van der Waals surface area contributed by atoms with Crippen molar-refractivity contribution in [2.75, 3.05) is 0 Å². The van der Waals surface area contributed by atoms with Crippen LogP contribution in [0.3, 0.4) is 0 Å². The van der Waals surface area contributed by atoms with Crippen molar-refractivity contribution < 1.29 is 25.8 Å². The van der Waals surface area contributed by atoms with Gasteiger partial charge in [0.15, 0.2) is 0 Å². The minimum absolute atomic E-state index is 0.383. The van der Waals surface area contributed by atoms with E-state index in [1.807, 2.05) is 0 Å². The van der Waals surface area contributed by atoms with Crippen molar-refractivity contribution >= 4 is 21.7 Å². The maximum Gasteiger partial charge on any atom is 0.534 e. The molecule has 0 saturated heterocycles. The third kappa shape index (κ3) is 3.48. The second kappa shape index (κ2) is 5.57. The minimum Gasteiger partial charge on any atom is -0.376 e. The van der Waals surface area contributed by atoms with E-state index < -0.39 is 21.4 Å². The van der Waals surface area contributed by atoms with E-state index >= 15 is 0 Å². The van der Waals surface area contributed by atoms with Gasteiger partial charge >= 0.3 is 15.6 Å². The van der Waals surface area contributed by atoms with Crippen LogP contribution in [-0.4, -0.2) is 13.9 Å². The summed E-state index contributed by atoms with van der Waals surface area (Å²) < 4.78 is 62.8. The van der Waals surface area contributed by atoms with Crippen molar-refractivity contribution in [3.63, 3.8) is 0 Å². The summed E-state index contributed by atoms with van der Waals surface area (Å²) in [5.41, 5.74) is -4.49. The maximum absolute atomic E-state index is 12.3. The molecule has 0 radical (unpaired) electrons. The Bertz CT molecular complexity index is 757. The normalized spacial score (nSPS) is 12.2. The lowest BCUT2D eigenvalue weighted by Gasteiger charge is -2.11. The Balaban J connectivity index is 2.38. The van der Waals surface area contributed by atoms with E-state index in [1.165, 1.54) is 12.1 Å². The summed E-state index contributed by atoms with van der Waals surface area (Å²) in [6.07, 6.45) is 0. The number of hydrogen-bond donors (Lipinski definition) is 0. The third-order valence-corrected chi connectivity index (χ3v) is 3.82. The quantitative estimate of drug-likeness (QED) is 0.622. The molecule has 0 aliphatic rings. The van der Waals surface area contributed by atoms with Crippen molar-refractivity contribution in [3.8, 4) is 16.9 Å². The van der Waals surface area contributed by atoms with Crippen molar-refractivity contribution in [3.05, 3.63) is 53.6 Å². The first-order chi connectivity index (χ1) is 9.71. The van der Waals surface area contributed by atoms with E-state index in [2.05, 4.69) is 4.18 Å². The summed E-state index contributed by atoms with van der Waals surface area (Å²) >= 11 is 5.98. The first-order valence-corrected chi connectivity index (χ1v) is 7.35. The van der Waals surface area contributed by atoms with Crippen molar-refractivity contribution in [1.82, 2.24) is 0 Å². The van der Waals surface area contributed by atoms with Crippen LogP contribution in [0.4, 0.5) is 13.2 Å². The van der Waals surface area contributed by atoms with Crippen molar-refractivity contribution in [1.29, 1.82) is 0 Å². The molecule has 0 spiro atoms. The molecule has 0 fully saturated rings. The summed E-state index contributed by atoms with van der Waals surface area (Å²) in [6.45, 7) is 0. The summed E-state index contributed by atoms with van der Waals surface area (Å²) in [5.74, 6) is -0.440. The zero-order valence-electron chi connectivity index (χ0n) is 10.3. The molecule has 0 amide bonds. The summed E-state index contributed by atoms with van der Waals surface area (Å²) in [6, 6.07) is 11.9. The average molecular weight is 337 g/mol. The van der Waals surface area contributed by atoms with Crippen LogP contribution in [0, 0.1) is 0 Å². The van der Waals surface area contributed by atoms with Gasteiger partial charge < -0.3 is 4.18 Å². The van der Waals surface area contributed by atoms with Gasteiger partial charge in [-0.1, -0.05) is 41.9 Å². The van der Waals surface area contributed by atoms with E-state index in [0.717, 1.165) is 6.07 Å². The van der Waals surface area contributed by atoms with Crippen LogP contribution in [0.5, 0.6) is 5.75 Å². The van der Waals surface area contributed by atoms with Crippen LogP contribution in [0.2, 0.25) is 5.02 Å². The van der Waals surface area contributed by atoms with Crippen LogP contribution in [-0.2, 0) is 10.1 Å². The number of hydrogen-bond acceptors (Lipinski definition) is 3. The maximum atomic E-state index is 12.3. The molecule has 8 heteroatoms. The largest absolute Gasteiger partial charge is 0.534 e. The first kappa shape index (κ1) is 15.7. The predicted molar refractivity (Wildman–Crippen MR) is 72.5 cm³/mol. The van der Waals surface area contributed by atoms with Crippen molar-refractivity contribution in [2.24, 2.45) is 0 Å². The topological polar surface area (TPSA) is 43.4 Å². The Morgan fingerprint density at radius 2 is 1.67 bits per heavy atom. The summed E-state index contributed by atoms with van der Waals surface area (Å²) in [5, 5.41) is 0.383. The summed E-state index contributed by atoms with van der Waals surface area (Å²) in [4.78, 5) is 0. The third-order valence-electron chi connectivity index (χ3n) is 2.51. The second-order valence-electron chi connectivity index (χ2n) is 3.99.